The Balaban J connectivity index is 2.03. The predicted octanol–water partition coefficient (Wildman–Crippen LogP) is 3.09. The first-order valence-electron chi connectivity index (χ1n) is 8.46. The molecule has 136 valence electrons. The maximum atomic E-state index is 12.0. The van der Waals surface area contributed by atoms with E-state index in [0.29, 0.717) is 29.9 Å². The van der Waals surface area contributed by atoms with Gasteiger partial charge >= 0.3 is 5.97 Å². The molecule has 0 unspecified atom stereocenters. The number of aryl methyl sites for hydroxylation is 1. The van der Waals surface area contributed by atoms with Crippen molar-refractivity contribution in [3.05, 3.63) is 34.2 Å². The van der Waals surface area contributed by atoms with E-state index >= 15 is 0 Å². The lowest BCUT2D eigenvalue weighted by Gasteiger charge is -2.32. The zero-order chi connectivity index (χ0) is 18.5. The monoisotopic (exact) mass is 374 g/mol. The Labute approximate surface area is 155 Å². The molecule has 1 fully saturated rings. The number of methoxy groups -OCH3 is 1. The number of carbonyl (C=O) groups excluding carboxylic acids is 1. The Morgan fingerprint density at radius 3 is 2.73 bits per heavy atom. The van der Waals surface area contributed by atoms with Crippen molar-refractivity contribution in [1.29, 1.82) is 0 Å². The lowest BCUT2D eigenvalue weighted by Crippen LogP contribution is -2.32. The topological polar surface area (TPSA) is 78.6 Å². The molecular formula is C18H19ClN4O3. The predicted molar refractivity (Wildman–Crippen MR) is 96.8 cm³/mol. The molecule has 1 aliphatic rings. The van der Waals surface area contributed by atoms with Gasteiger partial charge in [0.1, 0.15) is 5.82 Å². The third kappa shape index (κ3) is 2.54. The number of esters is 1. The van der Waals surface area contributed by atoms with Crippen molar-refractivity contribution in [3.8, 4) is 0 Å². The van der Waals surface area contributed by atoms with E-state index in [1.807, 2.05) is 17.4 Å². The highest BCUT2D eigenvalue weighted by atomic mass is 35.5. The summed E-state index contributed by atoms with van der Waals surface area (Å²) in [6.07, 6.45) is 1.71. The zero-order valence-electron chi connectivity index (χ0n) is 14.9. The molecule has 0 saturated carbocycles. The first kappa shape index (κ1) is 17.2. The van der Waals surface area contributed by atoms with Crippen LogP contribution in [-0.2, 0) is 14.9 Å². The number of fused-ring (bicyclic) bond motifs is 3. The van der Waals surface area contributed by atoms with Crippen LogP contribution in [0.3, 0.4) is 0 Å². The Bertz CT molecular complexity index is 1020. The van der Waals surface area contributed by atoms with Crippen LogP contribution in [0.4, 0.5) is 0 Å². The van der Waals surface area contributed by atoms with Crippen molar-refractivity contribution in [2.75, 3.05) is 20.3 Å². The van der Waals surface area contributed by atoms with Crippen LogP contribution in [0.15, 0.2) is 12.1 Å². The van der Waals surface area contributed by atoms with E-state index in [1.54, 1.807) is 6.07 Å². The molecular weight excluding hydrogens is 356 g/mol. The molecule has 1 aromatic carbocycles. The van der Waals surface area contributed by atoms with Gasteiger partial charge < -0.3 is 9.47 Å². The number of halogens is 1. The quantitative estimate of drug-likeness (QED) is 0.641. The molecule has 1 aliphatic heterocycles. The molecule has 0 aliphatic carbocycles. The van der Waals surface area contributed by atoms with Gasteiger partial charge in [0, 0.05) is 18.6 Å². The molecule has 7 nitrogen and oxygen atoms in total. The minimum atomic E-state index is -0.400. The van der Waals surface area contributed by atoms with Gasteiger partial charge in [-0.15, -0.1) is 10.2 Å². The average Bonchev–Trinajstić information content (AvgIpc) is 3.09. The number of hydrogen-bond donors (Lipinski definition) is 0. The van der Waals surface area contributed by atoms with Gasteiger partial charge in [-0.2, -0.15) is 0 Å². The van der Waals surface area contributed by atoms with Crippen LogP contribution in [0.1, 0.15) is 41.5 Å². The smallest absolute Gasteiger partial charge is 0.338 e. The van der Waals surface area contributed by atoms with E-state index in [1.165, 1.54) is 7.11 Å². The maximum absolute atomic E-state index is 12.0. The highest BCUT2D eigenvalue weighted by Gasteiger charge is 2.35. The summed E-state index contributed by atoms with van der Waals surface area (Å²) in [5.41, 5.74) is 3.05. The summed E-state index contributed by atoms with van der Waals surface area (Å²) in [7, 11) is 1.36. The van der Waals surface area contributed by atoms with E-state index < -0.39 is 5.97 Å². The van der Waals surface area contributed by atoms with Crippen LogP contribution < -0.4 is 0 Å². The number of carbonyl (C=O) groups is 1. The maximum Gasteiger partial charge on any atom is 0.338 e. The SMILES string of the molecule is COC(=O)c1cc2nc(Cl)c3nnc(C4(C)CCOCC4)n3c2cc1C. The molecule has 0 atom stereocenters. The summed E-state index contributed by atoms with van der Waals surface area (Å²) in [6, 6.07) is 3.62. The molecule has 2 aromatic heterocycles. The number of benzene rings is 1. The van der Waals surface area contributed by atoms with E-state index in [0.717, 1.165) is 29.7 Å². The van der Waals surface area contributed by atoms with Gasteiger partial charge in [-0.1, -0.05) is 18.5 Å². The number of aromatic nitrogens is 4. The van der Waals surface area contributed by atoms with Crippen LogP contribution in [-0.4, -0.2) is 45.9 Å². The van der Waals surface area contributed by atoms with E-state index in [-0.39, 0.29) is 10.6 Å². The Hall–Kier alpha value is -2.25. The van der Waals surface area contributed by atoms with E-state index in [4.69, 9.17) is 21.1 Å². The summed E-state index contributed by atoms with van der Waals surface area (Å²) in [4.78, 5) is 16.4. The molecule has 0 N–H and O–H groups in total. The van der Waals surface area contributed by atoms with Crippen molar-refractivity contribution in [3.63, 3.8) is 0 Å². The highest BCUT2D eigenvalue weighted by Crippen LogP contribution is 2.35. The molecule has 3 heterocycles. The van der Waals surface area contributed by atoms with Crippen LogP contribution >= 0.6 is 11.6 Å². The lowest BCUT2D eigenvalue weighted by molar-refractivity contribution is 0.0533. The summed E-state index contributed by atoms with van der Waals surface area (Å²) in [5.74, 6) is 0.443. The van der Waals surface area contributed by atoms with Crippen molar-refractivity contribution in [1.82, 2.24) is 19.6 Å². The number of nitrogens with zero attached hydrogens (tertiary/aromatic N) is 4. The molecule has 0 radical (unpaired) electrons. The lowest BCUT2D eigenvalue weighted by atomic mass is 9.81. The fraction of sp³-hybridized carbons (Fsp3) is 0.444. The normalized spacial score (nSPS) is 16.9. The van der Waals surface area contributed by atoms with Crippen molar-refractivity contribution in [2.45, 2.75) is 32.1 Å². The summed E-state index contributed by atoms with van der Waals surface area (Å²) in [5, 5.41) is 8.98. The van der Waals surface area contributed by atoms with Crippen LogP contribution in [0.2, 0.25) is 5.15 Å². The summed E-state index contributed by atoms with van der Waals surface area (Å²) < 4.78 is 12.3. The minimum absolute atomic E-state index is 0.162. The number of ether oxygens (including phenoxy) is 2. The van der Waals surface area contributed by atoms with Crippen molar-refractivity contribution in [2.24, 2.45) is 0 Å². The van der Waals surface area contributed by atoms with E-state index in [9.17, 15) is 4.79 Å². The molecule has 0 spiro atoms. The molecule has 4 rings (SSSR count). The second-order valence-corrected chi connectivity index (χ2v) is 7.26. The zero-order valence-corrected chi connectivity index (χ0v) is 15.6. The number of hydrogen-bond acceptors (Lipinski definition) is 6. The van der Waals surface area contributed by atoms with Crippen LogP contribution in [0, 0.1) is 6.92 Å². The molecule has 1 saturated heterocycles. The average molecular weight is 375 g/mol. The molecule has 0 amide bonds. The highest BCUT2D eigenvalue weighted by molar-refractivity contribution is 6.32. The standard InChI is InChI=1S/C18H19ClN4O3/c1-10-8-13-12(9-11(10)16(24)25-3)20-14(19)15-21-22-17(23(13)15)18(2)4-6-26-7-5-18/h8-9H,4-7H2,1-3H3. The molecule has 26 heavy (non-hydrogen) atoms. The van der Waals surface area contributed by atoms with Crippen LogP contribution in [0.5, 0.6) is 0 Å². The fourth-order valence-electron chi connectivity index (χ4n) is 3.52. The minimum Gasteiger partial charge on any atom is -0.465 e. The van der Waals surface area contributed by atoms with Gasteiger partial charge in [0.25, 0.3) is 0 Å². The third-order valence-corrected chi connectivity index (χ3v) is 5.42. The third-order valence-electron chi connectivity index (χ3n) is 5.17. The Morgan fingerprint density at radius 2 is 2.04 bits per heavy atom. The van der Waals surface area contributed by atoms with Gasteiger partial charge in [0.05, 0.1) is 23.7 Å². The largest absolute Gasteiger partial charge is 0.465 e. The first-order valence-corrected chi connectivity index (χ1v) is 8.84. The second-order valence-electron chi connectivity index (χ2n) is 6.91. The van der Waals surface area contributed by atoms with E-state index in [2.05, 4.69) is 22.1 Å². The van der Waals surface area contributed by atoms with Gasteiger partial charge in [-0.3, -0.25) is 4.40 Å². The molecule has 3 aromatic rings. The first-order chi connectivity index (χ1) is 12.4. The van der Waals surface area contributed by atoms with Crippen molar-refractivity contribution < 1.29 is 14.3 Å². The van der Waals surface area contributed by atoms with Gasteiger partial charge in [-0.05, 0) is 37.5 Å². The van der Waals surface area contributed by atoms with Gasteiger partial charge in [0.2, 0.25) is 0 Å². The van der Waals surface area contributed by atoms with Crippen LogP contribution in [0.25, 0.3) is 16.7 Å². The molecule has 8 heteroatoms. The molecule has 0 bridgehead atoms. The summed E-state index contributed by atoms with van der Waals surface area (Å²) in [6.45, 7) is 5.41. The van der Waals surface area contributed by atoms with Gasteiger partial charge in [-0.25, -0.2) is 9.78 Å². The second kappa shape index (κ2) is 6.17. The van der Waals surface area contributed by atoms with Crippen molar-refractivity contribution >= 4 is 34.3 Å². The Kier molecular flexibility index (Phi) is 4.08. The fourth-order valence-corrected chi connectivity index (χ4v) is 3.73. The number of rotatable bonds is 2. The Morgan fingerprint density at radius 1 is 1.31 bits per heavy atom. The summed E-state index contributed by atoms with van der Waals surface area (Å²) >= 11 is 6.36. The van der Waals surface area contributed by atoms with Gasteiger partial charge in [0.15, 0.2) is 10.8 Å².